The second-order valence-corrected chi connectivity index (χ2v) is 6.57. The zero-order valence-electron chi connectivity index (χ0n) is 15.4. The van der Waals surface area contributed by atoms with Crippen LogP contribution < -0.4 is 5.32 Å². The molecule has 1 aliphatic carbocycles. The van der Waals surface area contributed by atoms with Gasteiger partial charge in [-0.25, -0.2) is 4.79 Å². The molecule has 3 heteroatoms. The summed E-state index contributed by atoms with van der Waals surface area (Å²) in [6, 6.07) is 16.4. The van der Waals surface area contributed by atoms with Gasteiger partial charge in [0.1, 0.15) is 0 Å². The van der Waals surface area contributed by atoms with Gasteiger partial charge in [-0.1, -0.05) is 30.9 Å². The lowest BCUT2D eigenvalue weighted by molar-refractivity contribution is 0.0526. The quantitative estimate of drug-likeness (QED) is 0.631. The molecule has 2 unspecified atom stereocenters. The number of ether oxygens (including phenoxy) is 1. The number of carbonyl (C=O) groups is 1. The second kappa shape index (κ2) is 8.69. The van der Waals surface area contributed by atoms with Gasteiger partial charge in [-0.05, 0) is 68.3 Å². The molecule has 2 atom stereocenters. The van der Waals surface area contributed by atoms with Crippen molar-refractivity contribution in [2.24, 2.45) is 0 Å². The molecule has 3 nitrogen and oxygen atoms in total. The fourth-order valence-corrected chi connectivity index (χ4v) is 2.98. The Hall–Kier alpha value is -2.57. The van der Waals surface area contributed by atoms with E-state index in [0.29, 0.717) is 24.1 Å². The molecule has 0 saturated heterocycles. The van der Waals surface area contributed by atoms with Crippen LogP contribution in [-0.2, 0) is 4.74 Å². The van der Waals surface area contributed by atoms with E-state index in [2.05, 4.69) is 48.3 Å². The van der Waals surface area contributed by atoms with Crippen molar-refractivity contribution in [3.63, 3.8) is 0 Å². The zero-order chi connectivity index (χ0) is 18.4. The van der Waals surface area contributed by atoms with Crippen LogP contribution in [-0.4, -0.2) is 25.2 Å². The van der Waals surface area contributed by atoms with Gasteiger partial charge in [0.2, 0.25) is 0 Å². The molecule has 2 aromatic rings. The summed E-state index contributed by atoms with van der Waals surface area (Å²) in [4.78, 5) is 11.6. The maximum absolute atomic E-state index is 11.6. The molecule has 0 bridgehead atoms. The molecule has 1 N–H and O–H groups in total. The molecular weight excluding hydrogens is 322 g/mol. The Morgan fingerprint density at radius 3 is 2.23 bits per heavy atom. The van der Waals surface area contributed by atoms with Crippen LogP contribution in [0.4, 0.5) is 0 Å². The van der Waals surface area contributed by atoms with Crippen molar-refractivity contribution in [1.29, 1.82) is 0 Å². The third kappa shape index (κ3) is 4.74. The molecule has 1 fully saturated rings. The first kappa shape index (κ1) is 18.2. The van der Waals surface area contributed by atoms with Gasteiger partial charge in [0.15, 0.2) is 0 Å². The topological polar surface area (TPSA) is 38.3 Å². The van der Waals surface area contributed by atoms with Crippen molar-refractivity contribution in [2.75, 3.05) is 13.2 Å². The lowest BCUT2D eigenvalue weighted by Crippen LogP contribution is -2.18. The molecular formula is C23H25NO2. The predicted octanol–water partition coefficient (Wildman–Crippen LogP) is 4.12. The van der Waals surface area contributed by atoms with Gasteiger partial charge in [-0.15, -0.1) is 0 Å². The zero-order valence-corrected chi connectivity index (χ0v) is 15.4. The van der Waals surface area contributed by atoms with Crippen LogP contribution in [0.15, 0.2) is 48.5 Å². The van der Waals surface area contributed by atoms with E-state index < -0.39 is 0 Å². The van der Waals surface area contributed by atoms with E-state index in [-0.39, 0.29) is 5.97 Å². The van der Waals surface area contributed by atoms with E-state index in [0.717, 1.165) is 17.7 Å². The fourth-order valence-electron chi connectivity index (χ4n) is 2.98. The van der Waals surface area contributed by atoms with Crippen LogP contribution in [0.2, 0.25) is 0 Å². The highest BCUT2D eigenvalue weighted by Gasteiger charge is 2.37. The summed E-state index contributed by atoms with van der Waals surface area (Å²) in [7, 11) is 0. The van der Waals surface area contributed by atoms with Gasteiger partial charge in [-0.3, -0.25) is 0 Å². The molecule has 0 spiro atoms. The molecule has 2 aromatic carbocycles. The van der Waals surface area contributed by atoms with Crippen molar-refractivity contribution in [2.45, 2.75) is 38.6 Å². The molecule has 0 amide bonds. The van der Waals surface area contributed by atoms with Crippen LogP contribution in [0.1, 0.15) is 59.7 Å². The Balaban J connectivity index is 1.59. The summed E-state index contributed by atoms with van der Waals surface area (Å²) in [6.45, 7) is 5.47. The Morgan fingerprint density at radius 1 is 1.04 bits per heavy atom. The summed E-state index contributed by atoms with van der Waals surface area (Å²) < 4.78 is 4.98. The number of esters is 1. The highest BCUT2D eigenvalue weighted by Crippen LogP contribution is 2.40. The number of hydrogen-bond acceptors (Lipinski definition) is 3. The first-order valence-electron chi connectivity index (χ1n) is 9.33. The first-order chi connectivity index (χ1) is 12.7. The summed E-state index contributed by atoms with van der Waals surface area (Å²) in [5.41, 5.74) is 3.83. The fraction of sp³-hybridized carbons (Fsp3) is 0.348. The average molecular weight is 347 g/mol. The van der Waals surface area contributed by atoms with E-state index in [1.54, 1.807) is 19.1 Å². The van der Waals surface area contributed by atoms with Crippen molar-refractivity contribution in [3.05, 3.63) is 70.8 Å². The largest absolute Gasteiger partial charge is 0.462 e. The molecule has 26 heavy (non-hydrogen) atoms. The van der Waals surface area contributed by atoms with Crippen LogP contribution in [0.3, 0.4) is 0 Å². The molecule has 0 aliphatic heterocycles. The van der Waals surface area contributed by atoms with Gasteiger partial charge in [0.05, 0.1) is 12.2 Å². The van der Waals surface area contributed by atoms with E-state index in [1.807, 2.05) is 12.1 Å². The molecule has 0 radical (unpaired) electrons. The van der Waals surface area contributed by atoms with Gasteiger partial charge in [0, 0.05) is 23.1 Å². The lowest BCUT2D eigenvalue weighted by Gasteiger charge is -2.02. The molecule has 1 aliphatic rings. The maximum atomic E-state index is 11.6. The predicted molar refractivity (Wildman–Crippen MR) is 104 cm³/mol. The number of carbonyl (C=O) groups excluding carboxylic acids is 1. The summed E-state index contributed by atoms with van der Waals surface area (Å²) >= 11 is 0. The molecule has 1 saturated carbocycles. The van der Waals surface area contributed by atoms with Crippen molar-refractivity contribution in [3.8, 4) is 11.8 Å². The van der Waals surface area contributed by atoms with Gasteiger partial charge in [0.25, 0.3) is 0 Å². The van der Waals surface area contributed by atoms with Crippen LogP contribution >= 0.6 is 0 Å². The van der Waals surface area contributed by atoms with Crippen LogP contribution in [0.25, 0.3) is 0 Å². The average Bonchev–Trinajstić information content (AvgIpc) is 3.45. The molecule has 0 heterocycles. The summed E-state index contributed by atoms with van der Waals surface area (Å²) in [5.74, 6) is 6.69. The van der Waals surface area contributed by atoms with E-state index in [1.165, 1.54) is 18.4 Å². The Morgan fingerprint density at radius 2 is 1.65 bits per heavy atom. The van der Waals surface area contributed by atoms with E-state index in [4.69, 9.17) is 4.74 Å². The van der Waals surface area contributed by atoms with Gasteiger partial charge in [-0.2, -0.15) is 0 Å². The summed E-state index contributed by atoms with van der Waals surface area (Å²) in [5, 5.41) is 3.58. The third-order valence-corrected chi connectivity index (χ3v) is 4.53. The lowest BCUT2D eigenvalue weighted by atomic mass is 10.1. The number of rotatable bonds is 6. The van der Waals surface area contributed by atoms with Gasteiger partial charge < -0.3 is 10.1 Å². The van der Waals surface area contributed by atoms with E-state index in [9.17, 15) is 4.79 Å². The maximum Gasteiger partial charge on any atom is 0.338 e. The Kier molecular flexibility index (Phi) is 6.09. The molecule has 0 aromatic heterocycles. The Labute approximate surface area is 155 Å². The van der Waals surface area contributed by atoms with Crippen molar-refractivity contribution in [1.82, 2.24) is 5.32 Å². The summed E-state index contributed by atoms with van der Waals surface area (Å²) in [6.07, 6.45) is 2.41. The van der Waals surface area contributed by atoms with Gasteiger partial charge >= 0.3 is 5.97 Å². The second-order valence-electron chi connectivity index (χ2n) is 6.57. The normalized spacial score (nSPS) is 17.9. The SMILES string of the molecule is CCCNC1CC1c1ccc(C#Cc2ccc(C(=O)OCC)cc2)cc1. The monoisotopic (exact) mass is 347 g/mol. The van der Waals surface area contributed by atoms with Crippen LogP contribution in [0.5, 0.6) is 0 Å². The highest BCUT2D eigenvalue weighted by atomic mass is 16.5. The number of nitrogens with one attached hydrogen (secondary N) is 1. The number of hydrogen-bond donors (Lipinski definition) is 1. The Bertz CT molecular complexity index is 797. The minimum absolute atomic E-state index is 0.297. The smallest absolute Gasteiger partial charge is 0.338 e. The minimum atomic E-state index is -0.297. The standard InChI is InChI=1S/C23H25NO2/c1-3-15-24-22-16-21(22)19-11-7-17(8-12-19)5-6-18-9-13-20(14-10-18)23(25)26-4-2/h7-14,21-22,24H,3-4,15-16H2,1-2H3. The third-order valence-electron chi connectivity index (χ3n) is 4.53. The number of benzene rings is 2. The minimum Gasteiger partial charge on any atom is -0.462 e. The van der Waals surface area contributed by atoms with Crippen LogP contribution in [0, 0.1) is 11.8 Å². The van der Waals surface area contributed by atoms with Crippen molar-refractivity contribution >= 4 is 5.97 Å². The van der Waals surface area contributed by atoms with E-state index >= 15 is 0 Å². The highest BCUT2D eigenvalue weighted by molar-refractivity contribution is 5.89. The molecule has 134 valence electrons. The molecule has 3 rings (SSSR count). The van der Waals surface area contributed by atoms with Crippen molar-refractivity contribution < 1.29 is 9.53 Å². The first-order valence-corrected chi connectivity index (χ1v) is 9.33.